The van der Waals surface area contributed by atoms with Crippen LogP contribution in [-0.2, 0) is 16.0 Å². The minimum atomic E-state index is -1.21. The Morgan fingerprint density at radius 2 is 1.85 bits per heavy atom. The first-order chi connectivity index (χ1) is 12.8. The number of aliphatic carboxylic acids is 1. The predicted octanol–water partition coefficient (Wildman–Crippen LogP) is 2.15. The van der Waals surface area contributed by atoms with E-state index in [0.29, 0.717) is 38.1 Å². The molecule has 148 valence electrons. The van der Waals surface area contributed by atoms with Gasteiger partial charge in [-0.15, -0.1) is 0 Å². The van der Waals surface area contributed by atoms with Gasteiger partial charge in [0.25, 0.3) is 0 Å². The van der Waals surface area contributed by atoms with Gasteiger partial charge in [0.15, 0.2) is 0 Å². The third kappa shape index (κ3) is 4.43. The lowest BCUT2D eigenvalue weighted by Gasteiger charge is -2.43. The van der Waals surface area contributed by atoms with E-state index in [1.165, 1.54) is 0 Å². The highest BCUT2D eigenvalue weighted by Gasteiger charge is 2.52. The van der Waals surface area contributed by atoms with E-state index in [-0.39, 0.29) is 12.5 Å². The fraction of sp³-hybridized carbons (Fsp3) is 0.619. The molecule has 6 nitrogen and oxygen atoms in total. The number of carboxylic acids is 1. The normalized spacial score (nSPS) is 25.3. The molecular formula is C21H30N2O4. The van der Waals surface area contributed by atoms with E-state index in [9.17, 15) is 19.8 Å². The SMILES string of the molecule is CN(C)c1ccc(CCC(=O)N2CC[C@@H](O)[C@@](CC3CC3)(C(=O)O)C2)cc1. The number of amides is 1. The van der Waals surface area contributed by atoms with Crippen LogP contribution in [0.5, 0.6) is 0 Å². The quantitative estimate of drug-likeness (QED) is 0.764. The van der Waals surface area contributed by atoms with E-state index in [0.717, 1.165) is 24.1 Å². The molecule has 2 aliphatic rings. The molecule has 1 amide bonds. The summed E-state index contributed by atoms with van der Waals surface area (Å²) in [6.07, 6.45) is 2.97. The third-order valence-corrected chi connectivity index (χ3v) is 5.99. The lowest BCUT2D eigenvalue weighted by atomic mass is 9.73. The maximum atomic E-state index is 12.7. The van der Waals surface area contributed by atoms with E-state index in [2.05, 4.69) is 0 Å². The molecule has 27 heavy (non-hydrogen) atoms. The number of carbonyl (C=O) groups is 2. The zero-order chi connectivity index (χ0) is 19.6. The minimum Gasteiger partial charge on any atom is -0.481 e. The Hall–Kier alpha value is -2.08. The maximum absolute atomic E-state index is 12.7. The summed E-state index contributed by atoms with van der Waals surface area (Å²) in [4.78, 5) is 28.4. The highest BCUT2D eigenvalue weighted by atomic mass is 16.4. The molecule has 1 aliphatic carbocycles. The highest BCUT2D eigenvalue weighted by molar-refractivity contribution is 5.80. The maximum Gasteiger partial charge on any atom is 0.314 e. The number of hydrogen-bond donors (Lipinski definition) is 2. The number of hydrogen-bond acceptors (Lipinski definition) is 4. The van der Waals surface area contributed by atoms with Crippen molar-refractivity contribution < 1.29 is 19.8 Å². The topological polar surface area (TPSA) is 81.1 Å². The number of likely N-dealkylation sites (tertiary alicyclic amines) is 1. The first kappa shape index (κ1) is 19.7. The average molecular weight is 374 g/mol. The summed E-state index contributed by atoms with van der Waals surface area (Å²) in [5, 5.41) is 20.2. The number of aliphatic hydroxyl groups excluding tert-OH is 1. The summed E-state index contributed by atoms with van der Waals surface area (Å²) in [6.45, 7) is 0.553. The van der Waals surface area contributed by atoms with Gasteiger partial charge in [0.2, 0.25) is 5.91 Å². The van der Waals surface area contributed by atoms with Gasteiger partial charge in [0.1, 0.15) is 5.41 Å². The van der Waals surface area contributed by atoms with Crippen molar-refractivity contribution in [2.75, 3.05) is 32.1 Å². The molecule has 1 saturated carbocycles. The van der Waals surface area contributed by atoms with Crippen molar-refractivity contribution in [1.29, 1.82) is 0 Å². The van der Waals surface area contributed by atoms with Crippen molar-refractivity contribution in [1.82, 2.24) is 4.90 Å². The van der Waals surface area contributed by atoms with E-state index >= 15 is 0 Å². The molecule has 0 radical (unpaired) electrons. The van der Waals surface area contributed by atoms with Crippen molar-refractivity contribution in [3.8, 4) is 0 Å². The second-order valence-electron chi connectivity index (χ2n) is 8.29. The summed E-state index contributed by atoms with van der Waals surface area (Å²) in [7, 11) is 3.97. The van der Waals surface area contributed by atoms with Gasteiger partial charge in [-0.3, -0.25) is 9.59 Å². The third-order valence-electron chi connectivity index (χ3n) is 5.99. The Morgan fingerprint density at radius 3 is 2.41 bits per heavy atom. The Morgan fingerprint density at radius 1 is 1.19 bits per heavy atom. The summed E-state index contributed by atoms with van der Waals surface area (Å²) >= 11 is 0. The molecule has 0 aromatic heterocycles. The molecule has 2 atom stereocenters. The predicted molar refractivity (Wildman–Crippen MR) is 104 cm³/mol. The monoisotopic (exact) mass is 374 g/mol. The first-order valence-corrected chi connectivity index (χ1v) is 9.77. The van der Waals surface area contributed by atoms with Crippen LogP contribution >= 0.6 is 0 Å². The molecule has 0 bridgehead atoms. The molecule has 3 rings (SSSR count). The summed E-state index contributed by atoms with van der Waals surface area (Å²) in [6, 6.07) is 8.11. The second-order valence-corrected chi connectivity index (χ2v) is 8.29. The van der Waals surface area contributed by atoms with Gasteiger partial charge in [-0.25, -0.2) is 0 Å². The number of rotatable bonds is 7. The lowest BCUT2D eigenvalue weighted by Crippen LogP contribution is -2.57. The van der Waals surface area contributed by atoms with Crippen molar-refractivity contribution in [3.63, 3.8) is 0 Å². The minimum absolute atomic E-state index is 0.0278. The van der Waals surface area contributed by atoms with Crippen LogP contribution in [0.3, 0.4) is 0 Å². The van der Waals surface area contributed by atoms with Gasteiger partial charge in [-0.2, -0.15) is 0 Å². The number of aryl methyl sites for hydroxylation is 1. The number of anilines is 1. The van der Waals surface area contributed by atoms with Crippen molar-refractivity contribution in [3.05, 3.63) is 29.8 Å². The number of aliphatic hydroxyl groups is 1. The number of carboxylic acid groups (broad SMARTS) is 1. The van der Waals surface area contributed by atoms with Gasteiger partial charge >= 0.3 is 5.97 Å². The van der Waals surface area contributed by atoms with Crippen LogP contribution in [0.25, 0.3) is 0 Å². The molecule has 2 N–H and O–H groups in total. The van der Waals surface area contributed by atoms with Crippen molar-refractivity contribution in [2.45, 2.75) is 44.6 Å². The molecule has 1 aromatic rings. The van der Waals surface area contributed by atoms with Crippen LogP contribution in [0.2, 0.25) is 0 Å². The Bertz CT molecular complexity index is 684. The zero-order valence-corrected chi connectivity index (χ0v) is 16.2. The highest BCUT2D eigenvalue weighted by Crippen LogP contribution is 2.45. The second kappa shape index (κ2) is 7.89. The molecule has 1 aromatic carbocycles. The number of piperidine rings is 1. The largest absolute Gasteiger partial charge is 0.481 e. The van der Waals surface area contributed by atoms with E-state index in [1.54, 1.807) is 4.90 Å². The van der Waals surface area contributed by atoms with Crippen LogP contribution < -0.4 is 4.90 Å². The summed E-state index contributed by atoms with van der Waals surface area (Å²) in [5.74, 6) is -0.625. The zero-order valence-electron chi connectivity index (χ0n) is 16.2. The van der Waals surface area contributed by atoms with Crippen molar-refractivity contribution >= 4 is 17.6 Å². The van der Waals surface area contributed by atoms with E-state index < -0.39 is 17.5 Å². The summed E-state index contributed by atoms with van der Waals surface area (Å²) < 4.78 is 0. The molecule has 1 saturated heterocycles. The van der Waals surface area contributed by atoms with Crippen LogP contribution in [0.4, 0.5) is 5.69 Å². The Balaban J connectivity index is 1.61. The molecule has 0 unspecified atom stereocenters. The Kier molecular flexibility index (Phi) is 5.75. The smallest absolute Gasteiger partial charge is 0.314 e. The van der Waals surface area contributed by atoms with Crippen LogP contribution in [-0.4, -0.2) is 60.3 Å². The van der Waals surface area contributed by atoms with E-state index in [4.69, 9.17) is 0 Å². The van der Waals surface area contributed by atoms with Crippen LogP contribution in [0, 0.1) is 11.3 Å². The number of benzene rings is 1. The average Bonchev–Trinajstić information content (AvgIpc) is 3.45. The molecule has 6 heteroatoms. The Labute approximate surface area is 160 Å². The molecule has 1 heterocycles. The van der Waals surface area contributed by atoms with Gasteiger partial charge in [-0.05, 0) is 42.9 Å². The van der Waals surface area contributed by atoms with Gasteiger partial charge in [-0.1, -0.05) is 25.0 Å². The van der Waals surface area contributed by atoms with Gasteiger partial charge < -0.3 is 20.0 Å². The standard InChI is InChI=1S/C21H30N2O4/c1-22(2)17-8-5-15(6-9-17)7-10-19(25)23-12-11-18(24)21(14-23,20(26)27)13-16-3-4-16/h5-6,8-9,16,18,24H,3-4,7,10-14H2,1-2H3,(H,26,27)/t18-,21+/m1/s1. The van der Waals surface area contributed by atoms with E-state index in [1.807, 2.05) is 43.3 Å². The van der Waals surface area contributed by atoms with Crippen LogP contribution in [0.1, 0.15) is 37.7 Å². The summed E-state index contributed by atoms with van der Waals surface area (Å²) in [5.41, 5.74) is 0.998. The number of carbonyl (C=O) groups excluding carboxylic acids is 1. The van der Waals surface area contributed by atoms with Gasteiger partial charge in [0, 0.05) is 39.3 Å². The lowest BCUT2D eigenvalue weighted by molar-refractivity contribution is -0.167. The fourth-order valence-electron chi connectivity index (χ4n) is 4.00. The molecule has 0 spiro atoms. The first-order valence-electron chi connectivity index (χ1n) is 9.77. The van der Waals surface area contributed by atoms with Gasteiger partial charge in [0.05, 0.1) is 6.10 Å². The molecule has 1 aliphatic heterocycles. The van der Waals surface area contributed by atoms with Crippen molar-refractivity contribution in [2.24, 2.45) is 11.3 Å². The fourth-order valence-corrected chi connectivity index (χ4v) is 4.00. The molecular weight excluding hydrogens is 344 g/mol. The van der Waals surface area contributed by atoms with Crippen LogP contribution in [0.15, 0.2) is 24.3 Å². The number of nitrogens with zero attached hydrogens (tertiary/aromatic N) is 2. The molecule has 2 fully saturated rings.